The van der Waals surface area contributed by atoms with Crippen LogP contribution in [0, 0.1) is 0 Å². The van der Waals surface area contributed by atoms with Crippen LogP contribution in [-0.4, -0.2) is 0 Å². The van der Waals surface area contributed by atoms with Gasteiger partial charge in [0.1, 0.15) is 0 Å². The molecule has 0 fully saturated rings. The topological polar surface area (TPSA) is 63.2 Å². The molecule has 0 aliphatic carbocycles. The van der Waals surface area contributed by atoms with Crippen LogP contribution in [0.1, 0.15) is 22.3 Å². The van der Waals surface area contributed by atoms with E-state index in [-0.39, 0.29) is 26.4 Å². The average molecular weight is 522 g/mol. The molecule has 6 nitrogen and oxygen atoms in total. The van der Waals surface area contributed by atoms with Crippen molar-refractivity contribution < 1.29 is 27.0 Å². The van der Waals surface area contributed by atoms with E-state index in [9.17, 15) is 4.57 Å². The first-order valence-electron chi connectivity index (χ1n) is 11.5. The predicted molar refractivity (Wildman–Crippen MR) is 141 cm³/mol. The molecule has 0 aliphatic rings. The molecule has 0 N–H and O–H groups in total. The summed E-state index contributed by atoms with van der Waals surface area (Å²) in [5.74, 6) is 0. The molecule has 4 aromatic rings. The first-order valence-corrected chi connectivity index (χ1v) is 14.0. The first kappa shape index (κ1) is 26.4. The fourth-order valence-electron chi connectivity index (χ4n) is 3.11. The zero-order valence-corrected chi connectivity index (χ0v) is 21.5. The van der Waals surface area contributed by atoms with Gasteiger partial charge in [-0.3, -0.25) is 9.05 Å². The standard InChI is InChI=1S/C28H28O6P2/c29-36(32-23-27-17-9-3-10-18-27,33-24-28-19-11-4-12-20-28)34-35(30-21-25-13-5-1-6-14-25)31-22-26-15-7-2-8-16-26/h1-20H,21-24H2. The summed E-state index contributed by atoms with van der Waals surface area (Å²) in [5, 5.41) is 0. The van der Waals surface area contributed by atoms with Crippen molar-refractivity contribution in [3.8, 4) is 0 Å². The lowest BCUT2D eigenvalue weighted by atomic mass is 10.2. The number of benzene rings is 4. The van der Waals surface area contributed by atoms with Crippen LogP contribution >= 0.6 is 16.4 Å². The van der Waals surface area contributed by atoms with E-state index in [4.69, 9.17) is 22.4 Å². The zero-order valence-electron chi connectivity index (χ0n) is 19.7. The van der Waals surface area contributed by atoms with Crippen molar-refractivity contribution >= 4 is 16.4 Å². The summed E-state index contributed by atoms with van der Waals surface area (Å²) >= 11 is 0. The first-order chi connectivity index (χ1) is 17.7. The minimum absolute atomic E-state index is 0.0491. The Morgan fingerprint density at radius 1 is 0.472 bits per heavy atom. The summed E-state index contributed by atoms with van der Waals surface area (Å²) < 4.78 is 43.0. The quantitative estimate of drug-likeness (QED) is 0.156. The Kier molecular flexibility index (Phi) is 10.4. The molecule has 0 spiro atoms. The number of hydrogen-bond acceptors (Lipinski definition) is 6. The summed E-state index contributed by atoms with van der Waals surface area (Å²) in [6.07, 6.45) is 0. The predicted octanol–water partition coefficient (Wildman–Crippen LogP) is 8.21. The SMILES string of the molecule is O=P(OCc1ccccc1)(OCc1ccccc1)OP(OCc1ccccc1)OCc1ccccc1. The highest BCUT2D eigenvalue weighted by atomic mass is 31.3. The molecule has 0 saturated heterocycles. The van der Waals surface area contributed by atoms with E-state index in [1.807, 2.05) is 121 Å². The summed E-state index contributed by atoms with van der Waals surface area (Å²) in [5.41, 5.74) is 3.54. The van der Waals surface area contributed by atoms with E-state index in [0.29, 0.717) is 0 Å². The van der Waals surface area contributed by atoms with Crippen LogP contribution in [0.15, 0.2) is 121 Å². The molecule has 0 aromatic heterocycles. The molecule has 8 heteroatoms. The summed E-state index contributed by atoms with van der Waals surface area (Å²) in [6, 6.07) is 38.1. The van der Waals surface area contributed by atoms with E-state index in [1.165, 1.54) is 0 Å². The zero-order chi connectivity index (χ0) is 24.9. The molecule has 0 heterocycles. The van der Waals surface area contributed by atoms with Crippen LogP contribution in [0.25, 0.3) is 0 Å². The van der Waals surface area contributed by atoms with Gasteiger partial charge in [-0.15, -0.1) is 0 Å². The molecule has 186 valence electrons. The molecular weight excluding hydrogens is 494 g/mol. The van der Waals surface area contributed by atoms with Gasteiger partial charge in [-0.2, -0.15) is 0 Å². The van der Waals surface area contributed by atoms with Gasteiger partial charge < -0.3 is 9.05 Å². The second kappa shape index (κ2) is 14.2. The summed E-state index contributed by atoms with van der Waals surface area (Å²) in [4.78, 5) is 0. The molecule has 0 amide bonds. The Morgan fingerprint density at radius 3 is 1.11 bits per heavy atom. The van der Waals surface area contributed by atoms with Crippen LogP contribution in [-0.2, 0) is 53.4 Å². The second-order valence-corrected chi connectivity index (χ2v) is 10.8. The molecule has 0 unspecified atom stereocenters. The van der Waals surface area contributed by atoms with Crippen LogP contribution in [0.5, 0.6) is 0 Å². The lowest BCUT2D eigenvalue weighted by Gasteiger charge is -2.23. The fraction of sp³-hybridized carbons (Fsp3) is 0.143. The maximum atomic E-state index is 13.8. The van der Waals surface area contributed by atoms with Gasteiger partial charge >= 0.3 is 16.4 Å². The monoisotopic (exact) mass is 522 g/mol. The highest BCUT2D eigenvalue weighted by Gasteiger charge is 2.34. The van der Waals surface area contributed by atoms with Gasteiger partial charge in [-0.1, -0.05) is 121 Å². The van der Waals surface area contributed by atoms with E-state index in [1.54, 1.807) is 0 Å². The molecule has 0 aliphatic heterocycles. The van der Waals surface area contributed by atoms with E-state index in [0.717, 1.165) is 22.3 Å². The third-order valence-corrected chi connectivity index (χ3v) is 7.89. The maximum absolute atomic E-state index is 13.8. The maximum Gasteiger partial charge on any atom is 0.482 e. The minimum atomic E-state index is -4.07. The van der Waals surface area contributed by atoms with Crippen LogP contribution in [0.4, 0.5) is 0 Å². The Morgan fingerprint density at radius 2 is 0.778 bits per heavy atom. The van der Waals surface area contributed by atoms with E-state index in [2.05, 4.69) is 0 Å². The molecule has 0 saturated carbocycles. The summed E-state index contributed by atoms with van der Waals surface area (Å²) in [6.45, 7) is 0.540. The van der Waals surface area contributed by atoms with Crippen molar-refractivity contribution in [3.63, 3.8) is 0 Å². The van der Waals surface area contributed by atoms with Gasteiger partial charge in [0.05, 0.1) is 26.4 Å². The number of phosphoric ester groups is 1. The molecular formula is C28H28O6P2. The molecule has 0 radical (unpaired) electrons. The Bertz CT molecular complexity index is 1100. The molecule has 0 bridgehead atoms. The van der Waals surface area contributed by atoms with Crippen molar-refractivity contribution in [3.05, 3.63) is 144 Å². The van der Waals surface area contributed by atoms with Crippen molar-refractivity contribution in [2.75, 3.05) is 0 Å². The fourth-order valence-corrected chi connectivity index (χ4v) is 5.79. The molecule has 4 rings (SSSR count). The van der Waals surface area contributed by atoms with Gasteiger partial charge in [-0.05, 0) is 22.3 Å². The molecule has 0 atom stereocenters. The highest BCUT2D eigenvalue weighted by molar-refractivity contribution is 7.59. The number of phosphoric acid groups is 1. The van der Waals surface area contributed by atoms with Gasteiger partial charge in [0, 0.05) is 0 Å². The second-order valence-electron chi connectivity index (χ2n) is 7.79. The van der Waals surface area contributed by atoms with Crippen molar-refractivity contribution in [2.45, 2.75) is 26.4 Å². The van der Waals surface area contributed by atoms with Gasteiger partial charge in [0.2, 0.25) is 0 Å². The van der Waals surface area contributed by atoms with Crippen LogP contribution in [0.3, 0.4) is 0 Å². The largest absolute Gasteiger partial charge is 0.482 e. The third kappa shape index (κ3) is 9.09. The highest BCUT2D eigenvalue weighted by Crippen LogP contribution is 2.62. The van der Waals surface area contributed by atoms with Gasteiger partial charge in [-0.25, -0.2) is 8.88 Å². The molecule has 4 aromatic carbocycles. The molecule has 36 heavy (non-hydrogen) atoms. The minimum Gasteiger partial charge on any atom is -0.307 e. The summed E-state index contributed by atoms with van der Waals surface area (Å²) in [7, 11) is -6.14. The average Bonchev–Trinajstić information content (AvgIpc) is 2.95. The van der Waals surface area contributed by atoms with Crippen LogP contribution in [0.2, 0.25) is 0 Å². The Hall–Kier alpha value is -2.66. The third-order valence-electron chi connectivity index (χ3n) is 4.99. The van der Waals surface area contributed by atoms with E-state index >= 15 is 0 Å². The Balaban J connectivity index is 1.48. The van der Waals surface area contributed by atoms with Crippen molar-refractivity contribution in [1.29, 1.82) is 0 Å². The number of hydrogen-bond donors (Lipinski definition) is 0. The van der Waals surface area contributed by atoms with E-state index < -0.39 is 16.4 Å². The smallest absolute Gasteiger partial charge is 0.307 e. The van der Waals surface area contributed by atoms with Gasteiger partial charge in [0.25, 0.3) is 0 Å². The lowest BCUT2D eigenvalue weighted by Crippen LogP contribution is -2.02. The van der Waals surface area contributed by atoms with Crippen LogP contribution < -0.4 is 0 Å². The van der Waals surface area contributed by atoms with Gasteiger partial charge in [0.15, 0.2) is 0 Å². The lowest BCUT2D eigenvalue weighted by molar-refractivity contribution is 0.119. The van der Waals surface area contributed by atoms with Crippen molar-refractivity contribution in [2.24, 2.45) is 0 Å². The normalized spacial score (nSPS) is 11.6. The Labute approximate surface area is 213 Å². The van der Waals surface area contributed by atoms with Crippen molar-refractivity contribution in [1.82, 2.24) is 0 Å². The number of rotatable bonds is 14.